The molecule has 0 radical (unpaired) electrons. The Morgan fingerprint density at radius 3 is 2.52 bits per heavy atom. The number of H-pyrrole nitrogens is 1. The zero-order valence-corrected chi connectivity index (χ0v) is 15.0. The maximum absolute atomic E-state index is 12.3. The predicted octanol–water partition coefficient (Wildman–Crippen LogP) is 3.83. The number of hydrogen-bond donors (Lipinski definition) is 2. The number of carbonyl (C=O) groups excluding carboxylic acids is 2. The highest BCUT2D eigenvalue weighted by Gasteiger charge is 2.28. The van der Waals surface area contributed by atoms with Crippen molar-refractivity contribution in [2.24, 2.45) is 0 Å². The van der Waals surface area contributed by atoms with E-state index in [1.54, 1.807) is 17.3 Å². The molecule has 0 fully saturated rings. The molecular formula is C19H23N3O3. The molecule has 0 atom stereocenters. The van der Waals surface area contributed by atoms with E-state index in [0.717, 1.165) is 22.4 Å². The Hall–Kier alpha value is -2.76. The SMILES string of the molecule is Cc1c[nH]cc1C(=O)Nc1ccc2c(c1)CN(C(=O)OC(C)(C)C)C2. The standard InChI is InChI=1S/C19H23N3O3/c1-12-8-20-9-16(12)17(23)21-15-6-5-13-10-22(11-14(13)7-15)18(24)25-19(2,3)4/h5-9,20H,10-11H2,1-4H3,(H,21,23). The number of aryl methyl sites for hydroxylation is 1. The number of nitrogens with zero attached hydrogens (tertiary/aromatic N) is 1. The van der Waals surface area contributed by atoms with Crippen LogP contribution in [-0.4, -0.2) is 27.5 Å². The first-order valence-electron chi connectivity index (χ1n) is 8.27. The number of aromatic amines is 1. The number of fused-ring (bicyclic) bond motifs is 1. The fraction of sp³-hybridized carbons (Fsp3) is 0.368. The van der Waals surface area contributed by atoms with Crippen LogP contribution in [0.5, 0.6) is 0 Å². The van der Waals surface area contributed by atoms with Gasteiger partial charge in [-0.05, 0) is 56.5 Å². The first-order valence-corrected chi connectivity index (χ1v) is 8.27. The van der Waals surface area contributed by atoms with Gasteiger partial charge in [0.15, 0.2) is 0 Å². The summed E-state index contributed by atoms with van der Waals surface area (Å²) in [4.78, 5) is 29.1. The maximum atomic E-state index is 12.3. The van der Waals surface area contributed by atoms with Gasteiger partial charge in [-0.2, -0.15) is 0 Å². The zero-order chi connectivity index (χ0) is 18.2. The molecule has 25 heavy (non-hydrogen) atoms. The Labute approximate surface area is 147 Å². The third-order valence-electron chi connectivity index (χ3n) is 4.04. The Morgan fingerprint density at radius 1 is 1.16 bits per heavy atom. The number of amides is 2. The average molecular weight is 341 g/mol. The smallest absolute Gasteiger partial charge is 0.410 e. The van der Waals surface area contributed by atoms with Gasteiger partial charge in [-0.3, -0.25) is 9.69 Å². The van der Waals surface area contributed by atoms with Crippen molar-refractivity contribution in [1.29, 1.82) is 0 Å². The molecule has 0 saturated heterocycles. The third-order valence-corrected chi connectivity index (χ3v) is 4.04. The molecule has 1 aromatic heterocycles. The van der Waals surface area contributed by atoms with Gasteiger partial charge in [0.05, 0.1) is 5.56 Å². The molecule has 2 aromatic rings. The Morgan fingerprint density at radius 2 is 1.88 bits per heavy atom. The molecular weight excluding hydrogens is 318 g/mol. The molecule has 2 N–H and O–H groups in total. The van der Waals surface area contributed by atoms with Crippen molar-refractivity contribution >= 4 is 17.7 Å². The molecule has 0 saturated carbocycles. The quantitative estimate of drug-likeness (QED) is 0.872. The molecule has 0 unspecified atom stereocenters. The lowest BCUT2D eigenvalue weighted by Gasteiger charge is -2.24. The van der Waals surface area contributed by atoms with Crippen LogP contribution in [0.1, 0.15) is 47.8 Å². The van der Waals surface area contributed by atoms with E-state index in [1.807, 2.05) is 45.9 Å². The summed E-state index contributed by atoms with van der Waals surface area (Å²) in [6, 6.07) is 5.72. The van der Waals surface area contributed by atoms with E-state index in [4.69, 9.17) is 4.74 Å². The van der Waals surface area contributed by atoms with Crippen LogP contribution in [0.15, 0.2) is 30.6 Å². The monoisotopic (exact) mass is 341 g/mol. The van der Waals surface area contributed by atoms with Crippen molar-refractivity contribution in [2.75, 3.05) is 5.32 Å². The van der Waals surface area contributed by atoms with Gasteiger partial charge in [0.2, 0.25) is 0 Å². The Balaban J connectivity index is 1.69. The molecule has 6 heteroatoms. The van der Waals surface area contributed by atoms with Crippen LogP contribution in [0.4, 0.5) is 10.5 Å². The van der Waals surface area contributed by atoms with Crippen molar-refractivity contribution in [2.45, 2.75) is 46.4 Å². The molecule has 6 nitrogen and oxygen atoms in total. The molecule has 0 bridgehead atoms. The minimum absolute atomic E-state index is 0.152. The lowest BCUT2D eigenvalue weighted by Crippen LogP contribution is -2.33. The maximum Gasteiger partial charge on any atom is 0.410 e. The molecule has 1 aliphatic heterocycles. The van der Waals surface area contributed by atoms with Crippen LogP contribution in [0, 0.1) is 6.92 Å². The summed E-state index contributed by atoms with van der Waals surface area (Å²) in [5.74, 6) is -0.152. The van der Waals surface area contributed by atoms with Crippen LogP contribution < -0.4 is 5.32 Å². The predicted molar refractivity (Wildman–Crippen MR) is 95.4 cm³/mol. The van der Waals surface area contributed by atoms with Crippen LogP contribution in [0.2, 0.25) is 0 Å². The number of anilines is 1. The summed E-state index contributed by atoms with van der Waals surface area (Å²) >= 11 is 0. The highest BCUT2D eigenvalue weighted by molar-refractivity contribution is 6.05. The molecule has 1 aliphatic rings. The second-order valence-corrected chi connectivity index (χ2v) is 7.33. The summed E-state index contributed by atoms with van der Waals surface area (Å²) < 4.78 is 5.42. The number of ether oxygens (including phenoxy) is 1. The second-order valence-electron chi connectivity index (χ2n) is 7.33. The Bertz CT molecular complexity index is 818. The molecule has 2 heterocycles. The van der Waals surface area contributed by atoms with Gasteiger partial charge in [-0.1, -0.05) is 6.07 Å². The number of benzene rings is 1. The van der Waals surface area contributed by atoms with Crippen LogP contribution in [0.25, 0.3) is 0 Å². The van der Waals surface area contributed by atoms with E-state index in [1.165, 1.54) is 0 Å². The molecule has 2 amide bonds. The van der Waals surface area contributed by atoms with E-state index < -0.39 is 5.60 Å². The molecule has 1 aromatic carbocycles. The van der Waals surface area contributed by atoms with Gasteiger partial charge in [0.25, 0.3) is 5.91 Å². The lowest BCUT2D eigenvalue weighted by atomic mass is 10.1. The Kier molecular flexibility index (Phi) is 4.29. The summed E-state index contributed by atoms with van der Waals surface area (Å²) in [6.45, 7) is 8.44. The summed E-state index contributed by atoms with van der Waals surface area (Å²) in [5.41, 5.74) is 3.82. The van der Waals surface area contributed by atoms with Crippen molar-refractivity contribution in [3.63, 3.8) is 0 Å². The number of rotatable bonds is 2. The topological polar surface area (TPSA) is 74.4 Å². The summed E-state index contributed by atoms with van der Waals surface area (Å²) in [6.07, 6.45) is 3.15. The van der Waals surface area contributed by atoms with Gasteiger partial charge in [0.1, 0.15) is 5.60 Å². The van der Waals surface area contributed by atoms with E-state index in [-0.39, 0.29) is 12.0 Å². The first kappa shape index (κ1) is 17.1. The number of carbonyl (C=O) groups is 2. The first-order chi connectivity index (χ1) is 11.7. The van der Waals surface area contributed by atoms with Crippen molar-refractivity contribution < 1.29 is 14.3 Å². The van der Waals surface area contributed by atoms with Gasteiger partial charge in [0, 0.05) is 31.2 Å². The van der Waals surface area contributed by atoms with Gasteiger partial charge in [-0.25, -0.2) is 4.79 Å². The summed E-state index contributed by atoms with van der Waals surface area (Å²) in [7, 11) is 0. The number of hydrogen-bond acceptors (Lipinski definition) is 3. The van der Waals surface area contributed by atoms with E-state index in [0.29, 0.717) is 18.7 Å². The van der Waals surface area contributed by atoms with Gasteiger partial charge in [-0.15, -0.1) is 0 Å². The van der Waals surface area contributed by atoms with E-state index >= 15 is 0 Å². The fourth-order valence-electron chi connectivity index (χ4n) is 2.81. The van der Waals surface area contributed by atoms with E-state index in [2.05, 4.69) is 10.3 Å². The normalized spacial score (nSPS) is 13.5. The molecule has 0 spiro atoms. The van der Waals surface area contributed by atoms with Crippen LogP contribution in [0.3, 0.4) is 0 Å². The lowest BCUT2D eigenvalue weighted by molar-refractivity contribution is 0.0241. The molecule has 132 valence electrons. The van der Waals surface area contributed by atoms with Crippen molar-refractivity contribution in [3.8, 4) is 0 Å². The van der Waals surface area contributed by atoms with Crippen molar-refractivity contribution in [1.82, 2.24) is 9.88 Å². The van der Waals surface area contributed by atoms with E-state index in [9.17, 15) is 9.59 Å². The largest absolute Gasteiger partial charge is 0.444 e. The number of aromatic nitrogens is 1. The zero-order valence-electron chi connectivity index (χ0n) is 15.0. The second kappa shape index (κ2) is 6.27. The minimum Gasteiger partial charge on any atom is -0.444 e. The number of nitrogens with one attached hydrogen (secondary N) is 2. The average Bonchev–Trinajstić information content (AvgIpc) is 3.11. The van der Waals surface area contributed by atoms with Crippen molar-refractivity contribution in [3.05, 3.63) is 52.8 Å². The minimum atomic E-state index is -0.514. The summed E-state index contributed by atoms with van der Waals surface area (Å²) in [5, 5.41) is 2.90. The molecule has 3 rings (SSSR count). The fourth-order valence-corrected chi connectivity index (χ4v) is 2.81. The van der Waals surface area contributed by atoms with Crippen LogP contribution >= 0.6 is 0 Å². The van der Waals surface area contributed by atoms with Gasteiger partial charge >= 0.3 is 6.09 Å². The molecule has 0 aliphatic carbocycles. The highest BCUT2D eigenvalue weighted by Crippen LogP contribution is 2.27. The van der Waals surface area contributed by atoms with Gasteiger partial charge < -0.3 is 15.0 Å². The highest BCUT2D eigenvalue weighted by atomic mass is 16.6. The van der Waals surface area contributed by atoms with Crippen LogP contribution in [-0.2, 0) is 17.8 Å². The third kappa shape index (κ3) is 3.84.